The Morgan fingerprint density at radius 2 is 1.79 bits per heavy atom. The number of hydrogen-bond acceptors (Lipinski definition) is 4. The number of hydrogen-bond donors (Lipinski definition) is 1. The number of rotatable bonds is 5. The predicted molar refractivity (Wildman–Crippen MR) is 108 cm³/mol. The SMILES string of the molecule is Cc1nn(-c2ccc(F)cc2)c(Cl)c1C(=O)OC(C)C(=O)Nc1ccccc1Cl. The van der Waals surface area contributed by atoms with Crippen LogP contribution in [0.1, 0.15) is 23.0 Å². The highest BCUT2D eigenvalue weighted by molar-refractivity contribution is 6.34. The van der Waals surface area contributed by atoms with Crippen LogP contribution in [0.15, 0.2) is 48.5 Å². The van der Waals surface area contributed by atoms with Gasteiger partial charge in [0.1, 0.15) is 16.5 Å². The fourth-order valence-electron chi connectivity index (χ4n) is 2.55. The molecule has 1 unspecified atom stereocenters. The van der Waals surface area contributed by atoms with Gasteiger partial charge in [0, 0.05) is 0 Å². The smallest absolute Gasteiger partial charge is 0.344 e. The molecule has 0 aliphatic heterocycles. The van der Waals surface area contributed by atoms with Crippen molar-refractivity contribution >= 4 is 40.8 Å². The molecule has 0 aliphatic carbocycles. The van der Waals surface area contributed by atoms with Crippen LogP contribution in [0.2, 0.25) is 10.2 Å². The van der Waals surface area contributed by atoms with Crippen molar-refractivity contribution in [2.75, 3.05) is 5.32 Å². The molecule has 1 heterocycles. The monoisotopic (exact) mass is 435 g/mol. The Bertz CT molecular complexity index is 1070. The molecule has 2 aromatic carbocycles. The molecule has 0 radical (unpaired) electrons. The van der Waals surface area contributed by atoms with Gasteiger partial charge < -0.3 is 10.1 Å². The Morgan fingerprint density at radius 1 is 1.14 bits per heavy atom. The molecule has 0 bridgehead atoms. The molecule has 1 aromatic heterocycles. The van der Waals surface area contributed by atoms with E-state index >= 15 is 0 Å². The molecule has 1 N–H and O–H groups in total. The van der Waals surface area contributed by atoms with E-state index in [1.54, 1.807) is 31.2 Å². The van der Waals surface area contributed by atoms with E-state index < -0.39 is 23.8 Å². The van der Waals surface area contributed by atoms with E-state index in [1.165, 1.54) is 35.9 Å². The number of amides is 1. The van der Waals surface area contributed by atoms with E-state index in [0.717, 1.165) is 0 Å². The summed E-state index contributed by atoms with van der Waals surface area (Å²) in [5, 5.41) is 7.16. The second-order valence-electron chi connectivity index (χ2n) is 6.16. The Kier molecular flexibility index (Phi) is 6.20. The molecule has 9 heteroatoms. The minimum atomic E-state index is -1.11. The molecule has 3 aromatic rings. The van der Waals surface area contributed by atoms with Crippen molar-refractivity contribution in [2.45, 2.75) is 20.0 Å². The van der Waals surface area contributed by atoms with Gasteiger partial charge in [0.2, 0.25) is 0 Å². The quantitative estimate of drug-likeness (QED) is 0.583. The number of nitrogens with zero attached hydrogens (tertiary/aromatic N) is 2. The summed E-state index contributed by atoms with van der Waals surface area (Å²) in [5.41, 5.74) is 1.21. The Labute approximate surface area is 176 Å². The molecule has 3 rings (SSSR count). The number of aryl methyl sites for hydroxylation is 1. The van der Waals surface area contributed by atoms with Crippen molar-refractivity contribution in [1.82, 2.24) is 9.78 Å². The number of nitrogens with one attached hydrogen (secondary N) is 1. The number of carbonyl (C=O) groups excluding carboxylic acids is 2. The topological polar surface area (TPSA) is 73.2 Å². The second-order valence-corrected chi connectivity index (χ2v) is 6.92. The first-order valence-corrected chi connectivity index (χ1v) is 9.31. The highest BCUT2D eigenvalue weighted by Crippen LogP contribution is 2.25. The summed E-state index contributed by atoms with van der Waals surface area (Å²) in [6, 6.07) is 12.1. The van der Waals surface area contributed by atoms with E-state index in [9.17, 15) is 14.0 Å². The lowest BCUT2D eigenvalue weighted by Crippen LogP contribution is -2.30. The molecular formula is C20H16Cl2FN3O3. The first kappa shape index (κ1) is 20.8. The fourth-order valence-corrected chi connectivity index (χ4v) is 3.09. The summed E-state index contributed by atoms with van der Waals surface area (Å²) in [4.78, 5) is 24.9. The van der Waals surface area contributed by atoms with Crippen LogP contribution in [0.5, 0.6) is 0 Å². The van der Waals surface area contributed by atoms with Crippen LogP contribution in [0.25, 0.3) is 5.69 Å². The maximum Gasteiger partial charge on any atom is 0.344 e. The lowest BCUT2D eigenvalue weighted by atomic mass is 10.2. The largest absolute Gasteiger partial charge is 0.449 e. The van der Waals surface area contributed by atoms with Gasteiger partial charge in [0.15, 0.2) is 6.10 Å². The van der Waals surface area contributed by atoms with E-state index in [4.69, 9.17) is 27.9 Å². The zero-order chi connectivity index (χ0) is 21.1. The molecule has 6 nitrogen and oxygen atoms in total. The summed E-state index contributed by atoms with van der Waals surface area (Å²) in [6.07, 6.45) is -1.11. The van der Waals surface area contributed by atoms with Crippen molar-refractivity contribution in [2.24, 2.45) is 0 Å². The highest BCUT2D eigenvalue weighted by Gasteiger charge is 2.26. The van der Waals surface area contributed by atoms with Crippen LogP contribution in [-0.2, 0) is 9.53 Å². The van der Waals surface area contributed by atoms with Crippen molar-refractivity contribution in [1.29, 1.82) is 0 Å². The van der Waals surface area contributed by atoms with Gasteiger partial charge in [-0.3, -0.25) is 4.79 Å². The summed E-state index contributed by atoms with van der Waals surface area (Å²) in [6.45, 7) is 3.01. The summed E-state index contributed by atoms with van der Waals surface area (Å²) < 4.78 is 19.7. The Hall–Kier alpha value is -2.90. The van der Waals surface area contributed by atoms with Gasteiger partial charge in [0.05, 0.1) is 22.1 Å². The second kappa shape index (κ2) is 8.63. The van der Waals surface area contributed by atoms with Gasteiger partial charge in [-0.05, 0) is 50.2 Å². The van der Waals surface area contributed by atoms with Gasteiger partial charge in [-0.15, -0.1) is 0 Å². The van der Waals surface area contributed by atoms with Gasteiger partial charge in [-0.2, -0.15) is 5.10 Å². The molecular weight excluding hydrogens is 420 g/mol. The summed E-state index contributed by atoms with van der Waals surface area (Å²) in [7, 11) is 0. The van der Waals surface area contributed by atoms with Gasteiger partial charge >= 0.3 is 5.97 Å². The predicted octanol–water partition coefficient (Wildman–Crippen LogP) is 4.81. The molecule has 0 fully saturated rings. The van der Waals surface area contributed by atoms with Gasteiger partial charge in [-0.1, -0.05) is 35.3 Å². The molecule has 0 spiro atoms. The van der Waals surface area contributed by atoms with Gasteiger partial charge in [-0.25, -0.2) is 13.9 Å². The molecule has 0 saturated heterocycles. The molecule has 1 atom stereocenters. The summed E-state index contributed by atoms with van der Waals surface area (Å²) >= 11 is 12.3. The number of aromatic nitrogens is 2. The van der Waals surface area contributed by atoms with Crippen molar-refractivity contribution < 1.29 is 18.7 Å². The first-order valence-electron chi connectivity index (χ1n) is 8.55. The molecule has 29 heavy (non-hydrogen) atoms. The number of anilines is 1. The Morgan fingerprint density at radius 3 is 2.45 bits per heavy atom. The zero-order valence-electron chi connectivity index (χ0n) is 15.4. The number of ether oxygens (including phenoxy) is 1. The minimum absolute atomic E-state index is 0.00202. The summed E-state index contributed by atoms with van der Waals surface area (Å²) in [5.74, 6) is -1.76. The maximum absolute atomic E-state index is 13.1. The standard InChI is InChI=1S/C20H16Cl2FN3O3/c1-11-17(18(22)26(25-11)14-9-7-13(23)8-10-14)20(28)29-12(2)19(27)24-16-6-4-3-5-15(16)21/h3-10,12H,1-2H3,(H,24,27). The maximum atomic E-state index is 13.1. The van der Waals surface area contributed by atoms with Crippen LogP contribution < -0.4 is 5.32 Å². The van der Waals surface area contributed by atoms with Gasteiger partial charge in [0.25, 0.3) is 5.91 Å². The number of carbonyl (C=O) groups is 2. The van der Waals surface area contributed by atoms with E-state index in [-0.39, 0.29) is 10.7 Å². The highest BCUT2D eigenvalue weighted by atomic mass is 35.5. The third-order valence-electron chi connectivity index (χ3n) is 4.06. The molecule has 0 aliphatic rings. The number of benzene rings is 2. The Balaban J connectivity index is 1.76. The normalized spacial score (nSPS) is 11.8. The van der Waals surface area contributed by atoms with Crippen LogP contribution in [0.4, 0.5) is 10.1 Å². The lowest BCUT2D eigenvalue weighted by Gasteiger charge is -2.14. The number of halogens is 3. The minimum Gasteiger partial charge on any atom is -0.449 e. The van der Waals surface area contributed by atoms with Crippen LogP contribution >= 0.6 is 23.2 Å². The number of esters is 1. The van der Waals surface area contributed by atoms with E-state index in [0.29, 0.717) is 22.1 Å². The van der Waals surface area contributed by atoms with Crippen LogP contribution in [0, 0.1) is 12.7 Å². The molecule has 150 valence electrons. The molecule has 1 amide bonds. The van der Waals surface area contributed by atoms with Crippen LogP contribution in [-0.4, -0.2) is 27.8 Å². The van der Waals surface area contributed by atoms with Crippen molar-refractivity contribution in [3.05, 3.63) is 75.8 Å². The van der Waals surface area contributed by atoms with E-state index in [1.807, 2.05) is 0 Å². The fraction of sp³-hybridized carbons (Fsp3) is 0.150. The average Bonchev–Trinajstić information content (AvgIpc) is 2.98. The molecule has 0 saturated carbocycles. The first-order chi connectivity index (χ1) is 13.8. The van der Waals surface area contributed by atoms with E-state index in [2.05, 4.69) is 10.4 Å². The van der Waals surface area contributed by atoms with Crippen LogP contribution in [0.3, 0.4) is 0 Å². The third kappa shape index (κ3) is 4.58. The third-order valence-corrected chi connectivity index (χ3v) is 4.74. The lowest BCUT2D eigenvalue weighted by molar-refractivity contribution is -0.123. The van der Waals surface area contributed by atoms with Crippen molar-refractivity contribution in [3.8, 4) is 5.69 Å². The average molecular weight is 436 g/mol. The van der Waals surface area contributed by atoms with Crippen molar-refractivity contribution in [3.63, 3.8) is 0 Å². The zero-order valence-corrected chi connectivity index (χ0v) is 17.0. The number of para-hydroxylation sites is 1.